The highest BCUT2D eigenvalue weighted by Gasteiger charge is 1.97. The zero-order chi connectivity index (χ0) is 9.84. The fourth-order valence-electron chi connectivity index (χ4n) is 0.841. The van der Waals surface area contributed by atoms with E-state index in [-0.39, 0.29) is 11.5 Å². The maximum atomic E-state index is 9.06. The highest BCUT2D eigenvalue weighted by Crippen LogP contribution is 2.25. The molecule has 4 nitrogen and oxygen atoms in total. The van der Waals surface area contributed by atoms with E-state index in [2.05, 4.69) is 0 Å². The number of rotatable bonds is 2. The third kappa shape index (κ3) is 2.77. The molecule has 70 valence electrons. The molecule has 0 amide bonds. The molecular weight excluding hydrogens is 172 g/mol. The van der Waals surface area contributed by atoms with Gasteiger partial charge in [-0.2, -0.15) is 0 Å². The number of phenols is 2. The molecule has 0 saturated carbocycles. The molecule has 0 saturated heterocycles. The van der Waals surface area contributed by atoms with Crippen molar-refractivity contribution in [3.63, 3.8) is 0 Å². The summed E-state index contributed by atoms with van der Waals surface area (Å²) >= 11 is 0. The van der Waals surface area contributed by atoms with Crippen molar-refractivity contribution >= 4 is 6.08 Å². The van der Waals surface area contributed by atoms with Crippen molar-refractivity contribution in [1.82, 2.24) is 0 Å². The zero-order valence-electron chi connectivity index (χ0n) is 6.75. The van der Waals surface area contributed by atoms with Crippen molar-refractivity contribution < 1.29 is 20.4 Å². The van der Waals surface area contributed by atoms with Gasteiger partial charge < -0.3 is 20.4 Å². The topological polar surface area (TPSA) is 80.9 Å². The number of phenolic OH excluding ortho intramolecular Hbond substituents is 2. The summed E-state index contributed by atoms with van der Waals surface area (Å²) in [4.78, 5) is 0. The van der Waals surface area contributed by atoms with Crippen molar-refractivity contribution in [3.8, 4) is 11.5 Å². The first kappa shape index (κ1) is 9.57. The van der Waals surface area contributed by atoms with Gasteiger partial charge in [0.25, 0.3) is 0 Å². The normalized spacial score (nSPS) is 11.3. The minimum absolute atomic E-state index is 0.207. The van der Waals surface area contributed by atoms with Gasteiger partial charge in [-0.1, -0.05) is 12.1 Å². The van der Waals surface area contributed by atoms with E-state index >= 15 is 0 Å². The van der Waals surface area contributed by atoms with Crippen LogP contribution in [-0.2, 0) is 0 Å². The van der Waals surface area contributed by atoms with E-state index < -0.39 is 6.29 Å². The quantitative estimate of drug-likeness (QED) is 0.394. The lowest BCUT2D eigenvalue weighted by Crippen LogP contribution is -1.96. The van der Waals surface area contributed by atoms with Crippen LogP contribution in [-0.4, -0.2) is 26.7 Å². The predicted octanol–water partition coefficient (Wildman–Crippen LogP) is 0.422. The van der Waals surface area contributed by atoms with Gasteiger partial charge in [-0.05, 0) is 23.8 Å². The van der Waals surface area contributed by atoms with Crippen LogP contribution in [0.15, 0.2) is 24.3 Å². The Kier molecular flexibility index (Phi) is 2.89. The van der Waals surface area contributed by atoms with Crippen LogP contribution in [0.3, 0.4) is 0 Å². The lowest BCUT2D eigenvalue weighted by molar-refractivity contribution is 0.00303. The number of aromatic hydroxyl groups is 2. The lowest BCUT2D eigenvalue weighted by atomic mass is 10.2. The fourth-order valence-corrected chi connectivity index (χ4v) is 0.841. The van der Waals surface area contributed by atoms with Crippen LogP contribution < -0.4 is 0 Å². The van der Waals surface area contributed by atoms with E-state index in [1.165, 1.54) is 24.3 Å². The van der Waals surface area contributed by atoms with Crippen LogP contribution in [0.1, 0.15) is 5.56 Å². The molecule has 0 unspecified atom stereocenters. The van der Waals surface area contributed by atoms with E-state index in [0.717, 1.165) is 6.08 Å². The zero-order valence-corrected chi connectivity index (χ0v) is 6.75. The molecule has 0 atom stereocenters. The third-order valence-corrected chi connectivity index (χ3v) is 1.46. The molecule has 0 bridgehead atoms. The molecule has 1 aromatic carbocycles. The van der Waals surface area contributed by atoms with Crippen LogP contribution in [0.25, 0.3) is 6.08 Å². The number of aliphatic hydroxyl groups is 2. The van der Waals surface area contributed by atoms with Crippen molar-refractivity contribution in [2.45, 2.75) is 6.29 Å². The van der Waals surface area contributed by atoms with Gasteiger partial charge in [-0.3, -0.25) is 0 Å². The Morgan fingerprint density at radius 3 is 2.31 bits per heavy atom. The van der Waals surface area contributed by atoms with Crippen LogP contribution >= 0.6 is 0 Å². The van der Waals surface area contributed by atoms with Gasteiger partial charge in [0.1, 0.15) is 0 Å². The van der Waals surface area contributed by atoms with E-state index in [4.69, 9.17) is 20.4 Å². The van der Waals surface area contributed by atoms with Gasteiger partial charge in [0.05, 0.1) is 0 Å². The molecule has 0 radical (unpaired) electrons. The summed E-state index contributed by atoms with van der Waals surface area (Å²) in [6.07, 6.45) is 1.05. The van der Waals surface area contributed by atoms with Gasteiger partial charge >= 0.3 is 0 Å². The van der Waals surface area contributed by atoms with Gasteiger partial charge in [-0.25, -0.2) is 0 Å². The Bertz CT molecular complexity index is 317. The molecule has 0 spiro atoms. The van der Waals surface area contributed by atoms with E-state index in [0.29, 0.717) is 5.56 Å². The van der Waals surface area contributed by atoms with Gasteiger partial charge in [-0.15, -0.1) is 0 Å². The molecule has 4 heteroatoms. The van der Waals surface area contributed by atoms with E-state index in [1.54, 1.807) is 0 Å². The minimum Gasteiger partial charge on any atom is -0.504 e. The number of hydrogen-bond acceptors (Lipinski definition) is 4. The second-order valence-electron chi connectivity index (χ2n) is 2.52. The molecule has 4 N–H and O–H groups in total. The summed E-state index contributed by atoms with van der Waals surface area (Å²) in [5, 5.41) is 35.0. The Labute approximate surface area is 75.0 Å². The smallest absolute Gasteiger partial charge is 0.171 e. The number of hydrogen-bond donors (Lipinski definition) is 4. The summed E-state index contributed by atoms with van der Waals surface area (Å²) in [7, 11) is 0. The predicted molar refractivity (Wildman–Crippen MR) is 47.0 cm³/mol. The molecular formula is C9H10O4. The monoisotopic (exact) mass is 182 g/mol. The van der Waals surface area contributed by atoms with Gasteiger partial charge in [0.15, 0.2) is 17.8 Å². The van der Waals surface area contributed by atoms with E-state index in [9.17, 15) is 0 Å². The summed E-state index contributed by atoms with van der Waals surface area (Å²) in [5.41, 5.74) is 0.573. The molecule has 0 aliphatic heterocycles. The van der Waals surface area contributed by atoms with Crippen LogP contribution in [0.2, 0.25) is 0 Å². The first-order valence-corrected chi connectivity index (χ1v) is 3.66. The molecule has 0 aliphatic carbocycles. The summed E-state index contributed by atoms with van der Waals surface area (Å²) < 4.78 is 0. The largest absolute Gasteiger partial charge is 0.504 e. The Morgan fingerprint density at radius 1 is 1.08 bits per heavy atom. The van der Waals surface area contributed by atoms with Crippen molar-refractivity contribution in [2.24, 2.45) is 0 Å². The molecule has 13 heavy (non-hydrogen) atoms. The van der Waals surface area contributed by atoms with Gasteiger partial charge in [0, 0.05) is 0 Å². The Hall–Kier alpha value is -1.52. The summed E-state index contributed by atoms with van der Waals surface area (Å²) in [5.74, 6) is -0.448. The Balaban J connectivity index is 2.85. The second kappa shape index (κ2) is 3.93. The lowest BCUT2D eigenvalue weighted by Gasteiger charge is -1.98. The average molecular weight is 182 g/mol. The Morgan fingerprint density at radius 2 is 1.77 bits per heavy atom. The van der Waals surface area contributed by atoms with Crippen molar-refractivity contribution in [2.75, 3.05) is 0 Å². The molecule has 1 aromatic rings. The van der Waals surface area contributed by atoms with Crippen LogP contribution in [0.5, 0.6) is 11.5 Å². The second-order valence-corrected chi connectivity index (χ2v) is 2.52. The summed E-state index contributed by atoms with van der Waals surface area (Å²) in [6.45, 7) is 0. The van der Waals surface area contributed by atoms with Crippen molar-refractivity contribution in [3.05, 3.63) is 29.8 Å². The molecule has 0 heterocycles. The highest BCUT2D eigenvalue weighted by atomic mass is 16.5. The molecule has 0 fully saturated rings. The number of aliphatic hydroxyl groups excluding tert-OH is 1. The van der Waals surface area contributed by atoms with Crippen LogP contribution in [0.4, 0.5) is 0 Å². The maximum Gasteiger partial charge on any atom is 0.171 e. The standard InChI is InChI=1S/C9H10O4/c10-7-3-1-6(5-8(7)11)2-4-9(12)13/h1-5,9-13H. The molecule has 0 aliphatic rings. The van der Waals surface area contributed by atoms with Gasteiger partial charge in [0.2, 0.25) is 0 Å². The minimum atomic E-state index is -1.52. The van der Waals surface area contributed by atoms with Crippen molar-refractivity contribution in [1.29, 1.82) is 0 Å². The summed E-state index contributed by atoms with van der Waals surface area (Å²) in [6, 6.07) is 4.17. The first-order valence-electron chi connectivity index (χ1n) is 3.66. The number of benzene rings is 1. The van der Waals surface area contributed by atoms with Crippen LogP contribution in [0, 0.1) is 0 Å². The third-order valence-electron chi connectivity index (χ3n) is 1.46. The SMILES string of the molecule is Oc1ccc(C=CC(O)O)cc1O. The first-order chi connectivity index (χ1) is 6.09. The van der Waals surface area contributed by atoms with E-state index in [1.807, 2.05) is 0 Å². The fraction of sp³-hybridized carbons (Fsp3) is 0.111. The molecule has 1 rings (SSSR count). The molecule has 0 aromatic heterocycles. The average Bonchev–Trinajstić information content (AvgIpc) is 2.07. The maximum absolute atomic E-state index is 9.06. The highest BCUT2D eigenvalue weighted by molar-refractivity contribution is 5.55.